The second-order valence-corrected chi connectivity index (χ2v) is 8.99. The van der Waals surface area contributed by atoms with Crippen LogP contribution in [0.1, 0.15) is 30.4 Å². The Labute approximate surface area is 210 Å². The quantitative estimate of drug-likeness (QED) is 0.464. The lowest BCUT2D eigenvalue weighted by Gasteiger charge is -2.32. The molecule has 1 aliphatic heterocycles. The Morgan fingerprint density at radius 3 is 2.64 bits per heavy atom. The highest BCUT2D eigenvalue weighted by atomic mass is 19.1. The average Bonchev–Trinajstić information content (AvgIpc) is 2.91. The van der Waals surface area contributed by atoms with E-state index in [1.165, 1.54) is 17.7 Å². The summed E-state index contributed by atoms with van der Waals surface area (Å²) in [5.74, 6) is 0.826. The molecule has 4 rings (SSSR count). The number of hydrogen-bond acceptors (Lipinski definition) is 5. The number of nitrogens with zero attached hydrogens (tertiary/aromatic N) is 2. The van der Waals surface area contributed by atoms with Gasteiger partial charge in [0.25, 0.3) is 5.91 Å². The second kappa shape index (κ2) is 11.6. The molecule has 1 N–H and O–H groups in total. The molecule has 1 amide bonds. The Kier molecular flexibility index (Phi) is 8.06. The number of phenolic OH excluding ortho intramolecular Hbond substituents is 1. The summed E-state index contributed by atoms with van der Waals surface area (Å²) >= 11 is 0. The summed E-state index contributed by atoms with van der Waals surface area (Å²) in [6.45, 7) is 1.21. The fourth-order valence-corrected chi connectivity index (χ4v) is 4.57. The Bertz CT molecular complexity index is 1260. The summed E-state index contributed by atoms with van der Waals surface area (Å²) < 4.78 is 24.6. The van der Waals surface area contributed by atoms with Gasteiger partial charge >= 0.3 is 0 Å². The van der Waals surface area contributed by atoms with Crippen molar-refractivity contribution in [3.05, 3.63) is 77.6 Å². The number of carbonyl (C=O) groups is 1. The van der Waals surface area contributed by atoms with Crippen molar-refractivity contribution in [1.82, 2.24) is 4.90 Å². The van der Waals surface area contributed by atoms with Gasteiger partial charge in [0.1, 0.15) is 23.1 Å². The van der Waals surface area contributed by atoms with E-state index in [4.69, 9.17) is 9.47 Å². The number of likely N-dealkylation sites (tertiary alicyclic amines) is 1. The maximum atomic E-state index is 13.5. The molecule has 186 valence electrons. The van der Waals surface area contributed by atoms with E-state index in [0.29, 0.717) is 41.4 Å². The van der Waals surface area contributed by atoms with E-state index < -0.39 is 5.82 Å². The van der Waals surface area contributed by atoms with Crippen LogP contribution < -0.4 is 9.47 Å². The van der Waals surface area contributed by atoms with E-state index in [0.717, 1.165) is 37.5 Å². The third-order valence-corrected chi connectivity index (χ3v) is 6.65. The summed E-state index contributed by atoms with van der Waals surface area (Å²) in [7, 11) is 1.67. The molecule has 0 aliphatic carbocycles. The molecule has 0 spiro atoms. The maximum Gasteiger partial charge on any atom is 0.260 e. The highest BCUT2D eigenvalue weighted by Crippen LogP contribution is 2.37. The summed E-state index contributed by atoms with van der Waals surface area (Å²) in [5.41, 5.74) is 2.37. The van der Waals surface area contributed by atoms with E-state index in [1.54, 1.807) is 25.3 Å². The third-order valence-electron chi connectivity index (χ3n) is 6.65. The number of aromatic hydroxyl groups is 1. The molecule has 0 unspecified atom stereocenters. The maximum absolute atomic E-state index is 13.5. The number of piperidine rings is 1. The molecule has 3 aromatic rings. The second-order valence-electron chi connectivity index (χ2n) is 8.99. The van der Waals surface area contributed by atoms with Crippen molar-refractivity contribution in [1.29, 1.82) is 5.26 Å². The van der Waals surface area contributed by atoms with Gasteiger partial charge < -0.3 is 19.5 Å². The van der Waals surface area contributed by atoms with Gasteiger partial charge in [-0.05, 0) is 79.6 Å². The number of amides is 1. The van der Waals surface area contributed by atoms with Crippen LogP contribution in [-0.4, -0.2) is 42.7 Å². The van der Waals surface area contributed by atoms with Crippen LogP contribution in [0.2, 0.25) is 0 Å². The molecule has 0 saturated carbocycles. The standard InChI is InChI=1S/C29H29FN2O4/c1-35-24-4-2-3-21(15-24)6-5-20-11-13-32(14-12-20)29(34)19-36-28-10-7-22(18-31)16-26(28)25-9-8-23(30)17-27(25)33/h2-4,7-10,15-17,20,33H,5-6,11-14,19H2,1H3. The van der Waals surface area contributed by atoms with Crippen molar-refractivity contribution in [2.75, 3.05) is 26.8 Å². The van der Waals surface area contributed by atoms with Crippen LogP contribution in [0.5, 0.6) is 17.2 Å². The van der Waals surface area contributed by atoms with Crippen molar-refractivity contribution in [2.24, 2.45) is 5.92 Å². The molecule has 1 saturated heterocycles. The minimum atomic E-state index is -0.572. The van der Waals surface area contributed by atoms with Crippen LogP contribution in [0.25, 0.3) is 11.1 Å². The number of benzene rings is 3. The van der Waals surface area contributed by atoms with Crippen molar-refractivity contribution in [2.45, 2.75) is 25.7 Å². The summed E-state index contributed by atoms with van der Waals surface area (Å²) in [4.78, 5) is 14.7. The predicted octanol–water partition coefficient (Wildman–Crippen LogP) is 5.33. The van der Waals surface area contributed by atoms with Crippen LogP contribution in [0.3, 0.4) is 0 Å². The summed E-state index contributed by atoms with van der Waals surface area (Å²) in [6.07, 6.45) is 3.95. The van der Waals surface area contributed by atoms with Gasteiger partial charge in [0.2, 0.25) is 0 Å². The molecule has 0 bridgehead atoms. The van der Waals surface area contributed by atoms with Gasteiger partial charge in [-0.15, -0.1) is 0 Å². The van der Waals surface area contributed by atoms with Gasteiger partial charge in [0.15, 0.2) is 6.61 Å². The number of halogens is 1. The van der Waals surface area contributed by atoms with Crippen LogP contribution in [-0.2, 0) is 11.2 Å². The van der Waals surface area contributed by atoms with E-state index in [9.17, 15) is 19.6 Å². The largest absolute Gasteiger partial charge is 0.507 e. The average molecular weight is 489 g/mol. The number of phenols is 1. The first kappa shape index (κ1) is 25.1. The van der Waals surface area contributed by atoms with Gasteiger partial charge in [0, 0.05) is 30.3 Å². The monoisotopic (exact) mass is 488 g/mol. The topological polar surface area (TPSA) is 82.8 Å². The fraction of sp³-hybridized carbons (Fsp3) is 0.310. The Morgan fingerprint density at radius 2 is 1.92 bits per heavy atom. The lowest BCUT2D eigenvalue weighted by atomic mass is 9.90. The zero-order valence-corrected chi connectivity index (χ0v) is 20.2. The van der Waals surface area contributed by atoms with Gasteiger partial charge in [-0.3, -0.25) is 4.79 Å². The predicted molar refractivity (Wildman–Crippen MR) is 134 cm³/mol. The van der Waals surface area contributed by atoms with Crippen molar-refractivity contribution in [3.8, 4) is 34.4 Å². The fourth-order valence-electron chi connectivity index (χ4n) is 4.57. The zero-order chi connectivity index (χ0) is 25.5. The first-order valence-electron chi connectivity index (χ1n) is 12.0. The number of carbonyl (C=O) groups excluding carboxylic acids is 1. The molecule has 1 heterocycles. The molecule has 36 heavy (non-hydrogen) atoms. The molecular weight excluding hydrogens is 459 g/mol. The number of nitriles is 1. The number of ether oxygens (including phenoxy) is 2. The van der Waals surface area contributed by atoms with Gasteiger partial charge in [-0.1, -0.05) is 12.1 Å². The molecule has 7 heteroatoms. The summed E-state index contributed by atoms with van der Waals surface area (Å²) in [5, 5.41) is 19.5. The van der Waals surface area contributed by atoms with E-state index in [-0.39, 0.29) is 18.3 Å². The first-order valence-corrected chi connectivity index (χ1v) is 12.0. The normalized spacial score (nSPS) is 13.8. The van der Waals surface area contributed by atoms with E-state index >= 15 is 0 Å². The Hall–Kier alpha value is -4.05. The SMILES string of the molecule is COc1cccc(CCC2CCN(C(=O)COc3ccc(C#N)cc3-c3ccc(F)cc3O)CC2)c1. The van der Waals surface area contributed by atoms with Gasteiger partial charge in [0.05, 0.1) is 18.7 Å². The lowest BCUT2D eigenvalue weighted by molar-refractivity contribution is -0.134. The summed E-state index contributed by atoms with van der Waals surface area (Å²) in [6, 6.07) is 18.6. The molecule has 0 aromatic heterocycles. The Morgan fingerprint density at radius 1 is 1.11 bits per heavy atom. The first-order chi connectivity index (χ1) is 17.5. The van der Waals surface area contributed by atoms with Gasteiger partial charge in [-0.25, -0.2) is 4.39 Å². The molecule has 0 radical (unpaired) electrons. The van der Waals surface area contributed by atoms with E-state index in [1.807, 2.05) is 23.1 Å². The molecule has 0 atom stereocenters. The Balaban J connectivity index is 1.33. The lowest BCUT2D eigenvalue weighted by Crippen LogP contribution is -2.41. The highest BCUT2D eigenvalue weighted by molar-refractivity contribution is 5.80. The van der Waals surface area contributed by atoms with Crippen LogP contribution in [0.4, 0.5) is 4.39 Å². The molecule has 6 nitrogen and oxygen atoms in total. The minimum absolute atomic E-state index is 0.111. The molecule has 1 aliphatic rings. The van der Waals surface area contributed by atoms with Crippen molar-refractivity contribution < 1.29 is 23.8 Å². The number of methoxy groups -OCH3 is 1. The molecule has 1 fully saturated rings. The highest BCUT2D eigenvalue weighted by Gasteiger charge is 2.23. The third kappa shape index (κ3) is 6.14. The van der Waals surface area contributed by atoms with Crippen LogP contribution in [0.15, 0.2) is 60.7 Å². The van der Waals surface area contributed by atoms with Crippen molar-refractivity contribution in [3.63, 3.8) is 0 Å². The minimum Gasteiger partial charge on any atom is -0.507 e. The number of aryl methyl sites for hydroxylation is 1. The molecular formula is C29H29FN2O4. The zero-order valence-electron chi connectivity index (χ0n) is 20.2. The van der Waals surface area contributed by atoms with Crippen LogP contribution in [0, 0.1) is 23.1 Å². The molecule has 3 aromatic carbocycles. The van der Waals surface area contributed by atoms with Crippen LogP contribution >= 0.6 is 0 Å². The van der Waals surface area contributed by atoms with E-state index in [2.05, 4.69) is 12.1 Å². The smallest absolute Gasteiger partial charge is 0.260 e. The number of rotatable bonds is 8. The van der Waals surface area contributed by atoms with Crippen molar-refractivity contribution >= 4 is 5.91 Å². The van der Waals surface area contributed by atoms with Gasteiger partial charge in [-0.2, -0.15) is 5.26 Å². The number of hydrogen-bond donors (Lipinski definition) is 1.